The lowest BCUT2D eigenvalue weighted by Gasteiger charge is -2.39. The van der Waals surface area contributed by atoms with Gasteiger partial charge >= 0.3 is 0 Å². The molecule has 1 heterocycles. The molecule has 2 aliphatic rings. The van der Waals surface area contributed by atoms with E-state index in [0.29, 0.717) is 12.5 Å². The first-order valence-electron chi connectivity index (χ1n) is 6.17. The van der Waals surface area contributed by atoms with Crippen molar-refractivity contribution in [2.24, 2.45) is 22.4 Å². The number of hydrogen-bond acceptors (Lipinski definition) is 2. The summed E-state index contributed by atoms with van der Waals surface area (Å²) in [6.07, 6.45) is 1.56. The van der Waals surface area contributed by atoms with Gasteiger partial charge in [0.15, 0.2) is 5.96 Å². The van der Waals surface area contributed by atoms with Gasteiger partial charge in [-0.15, -0.1) is 12.4 Å². The molecule has 0 amide bonds. The summed E-state index contributed by atoms with van der Waals surface area (Å²) in [5.74, 6) is -2.24. The molecule has 1 aliphatic heterocycles. The predicted molar refractivity (Wildman–Crippen MR) is 73.1 cm³/mol. The van der Waals surface area contributed by atoms with Crippen LogP contribution in [0.25, 0.3) is 0 Å². The lowest BCUT2D eigenvalue weighted by atomic mass is 9.98. The summed E-state index contributed by atoms with van der Waals surface area (Å²) < 4.78 is 26.8. The number of hydrogen-bond donors (Lipinski definition) is 3. The maximum absolute atomic E-state index is 13.4. The van der Waals surface area contributed by atoms with E-state index in [9.17, 15) is 8.78 Å². The van der Waals surface area contributed by atoms with Crippen LogP contribution >= 0.6 is 12.4 Å². The van der Waals surface area contributed by atoms with Crippen LogP contribution in [0.1, 0.15) is 25.7 Å². The van der Waals surface area contributed by atoms with Crippen molar-refractivity contribution in [1.82, 2.24) is 4.90 Å². The lowest BCUT2D eigenvalue weighted by molar-refractivity contribution is -0.0527. The predicted octanol–water partition coefficient (Wildman–Crippen LogP) is 1.17. The summed E-state index contributed by atoms with van der Waals surface area (Å²) in [6.45, 7) is 0.645. The van der Waals surface area contributed by atoms with E-state index < -0.39 is 18.4 Å². The maximum atomic E-state index is 13.4. The number of halogens is 3. The van der Waals surface area contributed by atoms with Crippen molar-refractivity contribution in [3.05, 3.63) is 0 Å². The highest BCUT2D eigenvalue weighted by Crippen LogP contribution is 2.32. The Morgan fingerprint density at radius 1 is 1.37 bits per heavy atom. The molecule has 0 aromatic rings. The Morgan fingerprint density at radius 2 is 2.00 bits per heavy atom. The number of nitrogens with two attached hydrogens (primary N) is 2. The molecule has 2 rings (SSSR count). The van der Waals surface area contributed by atoms with E-state index in [2.05, 4.69) is 4.99 Å². The standard InChI is InChI=1S/C11H19F2N5.ClH/c12-11(13)3-4-18(10(15)16)8(5-11)9(14)17-6-7-1-2-7;/h7-8H,1-6H2,(H2,14,17)(H3,15,16);1H. The van der Waals surface area contributed by atoms with Crippen LogP contribution in [-0.2, 0) is 0 Å². The van der Waals surface area contributed by atoms with Crippen LogP contribution in [0.3, 0.4) is 0 Å². The molecule has 1 saturated carbocycles. The quantitative estimate of drug-likeness (QED) is 0.539. The molecule has 19 heavy (non-hydrogen) atoms. The summed E-state index contributed by atoms with van der Waals surface area (Å²) in [5, 5.41) is 7.42. The molecule has 0 radical (unpaired) electrons. The minimum atomic E-state index is -2.75. The summed E-state index contributed by atoms with van der Waals surface area (Å²) in [6, 6.07) is -0.745. The second-order valence-electron chi connectivity index (χ2n) is 5.11. The van der Waals surface area contributed by atoms with Crippen LogP contribution in [0.2, 0.25) is 0 Å². The Morgan fingerprint density at radius 3 is 2.53 bits per heavy atom. The summed E-state index contributed by atoms with van der Waals surface area (Å²) in [5.41, 5.74) is 11.2. The molecule has 1 aliphatic carbocycles. The smallest absolute Gasteiger partial charge is 0.252 e. The Kier molecular flexibility index (Phi) is 4.95. The number of rotatable bonds is 3. The molecule has 2 fully saturated rings. The fraction of sp³-hybridized carbons (Fsp3) is 0.818. The average molecular weight is 296 g/mol. The van der Waals surface area contributed by atoms with Gasteiger partial charge in [0.05, 0.1) is 6.04 Å². The van der Waals surface area contributed by atoms with Gasteiger partial charge in [-0.05, 0) is 18.8 Å². The van der Waals surface area contributed by atoms with Crippen LogP contribution in [0.15, 0.2) is 4.99 Å². The normalized spacial score (nSPS) is 26.7. The molecule has 5 nitrogen and oxygen atoms in total. The van der Waals surface area contributed by atoms with E-state index in [1.165, 1.54) is 4.90 Å². The minimum absolute atomic E-state index is 0. The van der Waals surface area contributed by atoms with E-state index in [1.807, 2.05) is 0 Å². The zero-order chi connectivity index (χ0) is 13.3. The molecular formula is C11H20ClF2N5. The Bertz CT molecular complexity index is 370. The van der Waals surface area contributed by atoms with Crippen LogP contribution in [-0.4, -0.2) is 41.7 Å². The molecule has 0 spiro atoms. The Balaban J connectivity index is 0.00000180. The Hall–Kier alpha value is -1.11. The molecule has 0 aromatic heterocycles. The molecule has 110 valence electrons. The number of likely N-dealkylation sites (tertiary alicyclic amines) is 1. The van der Waals surface area contributed by atoms with Crippen LogP contribution in [0.4, 0.5) is 8.78 Å². The first-order valence-corrected chi connectivity index (χ1v) is 6.17. The third-order valence-electron chi connectivity index (χ3n) is 3.47. The second-order valence-corrected chi connectivity index (χ2v) is 5.11. The van der Waals surface area contributed by atoms with E-state index in [0.717, 1.165) is 12.8 Å². The van der Waals surface area contributed by atoms with Crippen LogP contribution in [0, 0.1) is 11.3 Å². The summed E-state index contributed by atoms with van der Waals surface area (Å²) in [7, 11) is 0. The molecule has 0 bridgehead atoms. The summed E-state index contributed by atoms with van der Waals surface area (Å²) >= 11 is 0. The minimum Gasteiger partial charge on any atom is -0.386 e. The fourth-order valence-electron chi connectivity index (χ4n) is 2.13. The van der Waals surface area contributed by atoms with E-state index in [-0.39, 0.29) is 37.2 Å². The van der Waals surface area contributed by atoms with Crippen molar-refractivity contribution in [1.29, 1.82) is 5.41 Å². The van der Waals surface area contributed by atoms with Crippen LogP contribution < -0.4 is 11.5 Å². The first kappa shape index (κ1) is 15.9. The number of nitrogens with one attached hydrogen (secondary N) is 1. The van der Waals surface area contributed by atoms with Gasteiger partial charge in [0, 0.05) is 25.9 Å². The first-order chi connectivity index (χ1) is 8.39. The molecular weight excluding hydrogens is 276 g/mol. The SMILES string of the molecule is Cl.N=C(N)N1CCC(F)(F)CC1C(N)=NCC1CC1. The van der Waals surface area contributed by atoms with Crippen LogP contribution in [0.5, 0.6) is 0 Å². The number of aliphatic imine (C=N–C) groups is 1. The highest BCUT2D eigenvalue weighted by molar-refractivity contribution is 5.90. The molecule has 1 unspecified atom stereocenters. The highest BCUT2D eigenvalue weighted by Gasteiger charge is 2.42. The van der Waals surface area contributed by atoms with Gasteiger partial charge < -0.3 is 16.4 Å². The number of guanidine groups is 1. The van der Waals surface area contributed by atoms with Gasteiger partial charge in [-0.3, -0.25) is 10.4 Å². The highest BCUT2D eigenvalue weighted by atomic mass is 35.5. The second kappa shape index (κ2) is 5.90. The fourth-order valence-corrected chi connectivity index (χ4v) is 2.13. The number of nitrogens with zero attached hydrogens (tertiary/aromatic N) is 2. The molecule has 0 aromatic carbocycles. The topological polar surface area (TPSA) is 91.5 Å². The van der Waals surface area contributed by atoms with Crippen molar-refractivity contribution >= 4 is 24.2 Å². The Labute approximate surface area is 117 Å². The third-order valence-corrected chi connectivity index (χ3v) is 3.47. The largest absolute Gasteiger partial charge is 0.386 e. The number of piperidine rings is 1. The van der Waals surface area contributed by atoms with E-state index >= 15 is 0 Å². The maximum Gasteiger partial charge on any atom is 0.252 e. The van der Waals surface area contributed by atoms with Gasteiger partial charge in [-0.25, -0.2) is 8.78 Å². The van der Waals surface area contributed by atoms with Crippen molar-refractivity contribution in [3.8, 4) is 0 Å². The van der Waals surface area contributed by atoms with Gasteiger partial charge in [0.25, 0.3) is 5.92 Å². The molecule has 1 saturated heterocycles. The van der Waals surface area contributed by atoms with Crippen molar-refractivity contribution in [2.45, 2.75) is 37.6 Å². The lowest BCUT2D eigenvalue weighted by Crippen LogP contribution is -2.57. The van der Waals surface area contributed by atoms with Crippen molar-refractivity contribution < 1.29 is 8.78 Å². The van der Waals surface area contributed by atoms with Gasteiger partial charge in [-0.2, -0.15) is 0 Å². The molecule has 5 N–H and O–H groups in total. The number of amidine groups is 1. The van der Waals surface area contributed by atoms with Gasteiger partial charge in [0.1, 0.15) is 5.84 Å². The van der Waals surface area contributed by atoms with E-state index in [1.54, 1.807) is 0 Å². The van der Waals surface area contributed by atoms with E-state index in [4.69, 9.17) is 16.9 Å². The molecule has 8 heteroatoms. The average Bonchev–Trinajstić information content (AvgIpc) is 3.07. The monoisotopic (exact) mass is 295 g/mol. The van der Waals surface area contributed by atoms with Crippen molar-refractivity contribution in [3.63, 3.8) is 0 Å². The summed E-state index contributed by atoms with van der Waals surface area (Å²) in [4.78, 5) is 5.58. The zero-order valence-electron chi connectivity index (χ0n) is 10.6. The van der Waals surface area contributed by atoms with Crippen molar-refractivity contribution in [2.75, 3.05) is 13.1 Å². The number of alkyl halides is 2. The zero-order valence-corrected chi connectivity index (χ0v) is 11.4. The van der Waals surface area contributed by atoms with Gasteiger partial charge in [-0.1, -0.05) is 0 Å². The molecule has 1 atom stereocenters. The van der Waals surface area contributed by atoms with Gasteiger partial charge in [0.2, 0.25) is 0 Å². The third kappa shape index (κ3) is 4.19.